The van der Waals surface area contributed by atoms with Crippen LogP contribution in [0.5, 0.6) is 0 Å². The van der Waals surface area contributed by atoms with Crippen molar-refractivity contribution in [3.63, 3.8) is 0 Å². The van der Waals surface area contributed by atoms with Gasteiger partial charge in [0.15, 0.2) is 10.9 Å². The molecule has 7 nitrogen and oxygen atoms in total. The number of aromatic nitrogens is 2. The van der Waals surface area contributed by atoms with Gasteiger partial charge in [0.25, 0.3) is 5.91 Å². The first-order valence-electron chi connectivity index (χ1n) is 8.90. The number of aryl methyl sites for hydroxylation is 1. The molecule has 0 aliphatic heterocycles. The molecule has 4 rings (SSSR count). The van der Waals surface area contributed by atoms with Gasteiger partial charge in [0, 0.05) is 41.7 Å². The summed E-state index contributed by atoms with van der Waals surface area (Å²) in [6.45, 7) is 0. The normalized spacial score (nSPS) is 10.8. The number of fused-ring (bicyclic) bond motifs is 1. The Hall–Kier alpha value is -3.52. The Kier molecular flexibility index (Phi) is 5.35. The van der Waals surface area contributed by atoms with Crippen molar-refractivity contribution >= 4 is 34.5 Å². The van der Waals surface area contributed by atoms with Crippen molar-refractivity contribution in [2.24, 2.45) is 7.05 Å². The molecule has 0 aliphatic carbocycles. The summed E-state index contributed by atoms with van der Waals surface area (Å²) in [5, 5.41) is 1.69. The van der Waals surface area contributed by atoms with Crippen LogP contribution < -0.4 is 10.9 Å². The van der Waals surface area contributed by atoms with Crippen LogP contribution in [-0.2, 0) is 12.8 Å². The van der Waals surface area contributed by atoms with Gasteiger partial charge in [-0.05, 0) is 18.2 Å². The molecule has 2 N–H and O–H groups in total. The number of rotatable bonds is 5. The minimum atomic E-state index is -0.513. The van der Waals surface area contributed by atoms with Gasteiger partial charge in [0.1, 0.15) is 5.58 Å². The van der Waals surface area contributed by atoms with Crippen molar-refractivity contribution in [3.05, 3.63) is 83.9 Å². The zero-order chi connectivity index (χ0) is 20.2. The van der Waals surface area contributed by atoms with Crippen LogP contribution in [0.1, 0.15) is 26.5 Å². The molecule has 0 bridgehead atoms. The monoisotopic (exact) mass is 406 g/mol. The lowest BCUT2D eigenvalue weighted by atomic mass is 10.1. The Balaban J connectivity index is 1.55. The van der Waals surface area contributed by atoms with E-state index in [1.165, 1.54) is 11.8 Å². The number of nitrogens with one attached hydrogen (secondary N) is 2. The van der Waals surface area contributed by atoms with Crippen molar-refractivity contribution in [2.75, 3.05) is 0 Å². The molecular weight excluding hydrogens is 388 g/mol. The van der Waals surface area contributed by atoms with E-state index in [1.54, 1.807) is 30.5 Å². The Morgan fingerprint density at radius 2 is 1.76 bits per heavy atom. The number of carbonyl (C=O) groups is 2. The third-order valence-corrected chi connectivity index (χ3v) is 5.44. The van der Waals surface area contributed by atoms with Crippen LogP contribution in [0.2, 0.25) is 0 Å². The van der Waals surface area contributed by atoms with E-state index in [0.717, 1.165) is 16.1 Å². The summed E-state index contributed by atoms with van der Waals surface area (Å²) in [5.74, 6) is -0.252. The van der Waals surface area contributed by atoms with Crippen molar-refractivity contribution in [3.8, 4) is 0 Å². The number of hydrogen-bond donors (Lipinski definition) is 2. The van der Waals surface area contributed by atoms with Crippen LogP contribution >= 0.6 is 11.8 Å². The molecule has 0 unspecified atom stereocenters. The van der Waals surface area contributed by atoms with Crippen LogP contribution in [0, 0.1) is 0 Å². The summed E-state index contributed by atoms with van der Waals surface area (Å²) in [6.07, 6.45) is 3.59. The van der Waals surface area contributed by atoms with E-state index in [4.69, 9.17) is 4.42 Å². The maximum absolute atomic E-state index is 12.7. The molecule has 0 atom stereocenters. The molecular formula is C21H18N4O3S. The van der Waals surface area contributed by atoms with E-state index >= 15 is 0 Å². The standard InChI is InChI=1S/C21H18N4O3S/c1-25-12-11-22-21(25)29-13-16-15-9-5-6-10-17(15)28-18(16)20(27)24-23-19(26)14-7-3-2-4-8-14/h2-12H,13H2,1H3,(H,23,26)(H,24,27). The molecule has 2 aromatic carbocycles. The highest BCUT2D eigenvalue weighted by atomic mass is 32.2. The molecule has 0 fully saturated rings. The highest BCUT2D eigenvalue weighted by Crippen LogP contribution is 2.31. The highest BCUT2D eigenvalue weighted by molar-refractivity contribution is 7.98. The number of para-hydroxylation sites is 1. The number of nitrogens with zero attached hydrogens (tertiary/aromatic N) is 2. The van der Waals surface area contributed by atoms with Gasteiger partial charge in [0.05, 0.1) is 0 Å². The SMILES string of the molecule is Cn1ccnc1SCc1c(C(=O)NNC(=O)c2ccccc2)oc2ccccc12. The van der Waals surface area contributed by atoms with E-state index in [1.807, 2.05) is 48.1 Å². The van der Waals surface area contributed by atoms with E-state index < -0.39 is 11.8 Å². The van der Waals surface area contributed by atoms with Crippen molar-refractivity contribution in [1.82, 2.24) is 20.4 Å². The van der Waals surface area contributed by atoms with Gasteiger partial charge in [-0.2, -0.15) is 0 Å². The molecule has 29 heavy (non-hydrogen) atoms. The van der Waals surface area contributed by atoms with Crippen LogP contribution in [0.4, 0.5) is 0 Å². The molecule has 4 aromatic rings. The Labute approximate surface area is 171 Å². The molecule has 0 saturated heterocycles. The smallest absolute Gasteiger partial charge is 0.305 e. The van der Waals surface area contributed by atoms with Crippen molar-refractivity contribution in [2.45, 2.75) is 10.9 Å². The lowest BCUT2D eigenvalue weighted by molar-refractivity contribution is 0.0831. The number of furan rings is 1. The van der Waals surface area contributed by atoms with Crippen LogP contribution in [-0.4, -0.2) is 21.4 Å². The number of benzene rings is 2. The molecule has 2 amide bonds. The van der Waals surface area contributed by atoms with Crippen LogP contribution in [0.15, 0.2) is 76.6 Å². The van der Waals surface area contributed by atoms with Gasteiger partial charge in [-0.3, -0.25) is 20.4 Å². The van der Waals surface area contributed by atoms with Gasteiger partial charge in [-0.15, -0.1) is 0 Å². The minimum Gasteiger partial charge on any atom is -0.451 e. The maximum Gasteiger partial charge on any atom is 0.305 e. The zero-order valence-electron chi connectivity index (χ0n) is 15.6. The highest BCUT2D eigenvalue weighted by Gasteiger charge is 2.21. The summed E-state index contributed by atoms with van der Waals surface area (Å²) < 4.78 is 7.70. The minimum absolute atomic E-state index is 0.168. The van der Waals surface area contributed by atoms with E-state index in [9.17, 15) is 9.59 Å². The fourth-order valence-corrected chi connectivity index (χ4v) is 3.85. The average Bonchev–Trinajstić information content (AvgIpc) is 3.34. The van der Waals surface area contributed by atoms with Gasteiger partial charge in [-0.1, -0.05) is 48.2 Å². The number of hydrogen-bond acceptors (Lipinski definition) is 5. The van der Waals surface area contributed by atoms with Crippen LogP contribution in [0.25, 0.3) is 11.0 Å². The number of thioether (sulfide) groups is 1. The summed E-state index contributed by atoms with van der Waals surface area (Å²) in [4.78, 5) is 29.2. The molecule has 0 aliphatic rings. The molecule has 146 valence electrons. The summed E-state index contributed by atoms with van der Waals surface area (Å²) in [5.41, 5.74) is 6.68. The van der Waals surface area contributed by atoms with Gasteiger partial charge < -0.3 is 8.98 Å². The summed E-state index contributed by atoms with van der Waals surface area (Å²) in [7, 11) is 1.91. The van der Waals surface area contributed by atoms with E-state index in [0.29, 0.717) is 16.9 Å². The van der Waals surface area contributed by atoms with Gasteiger partial charge in [0.2, 0.25) is 0 Å². The fourth-order valence-electron chi connectivity index (χ4n) is 2.89. The molecule has 8 heteroatoms. The first kappa shape index (κ1) is 18.8. The molecule has 2 heterocycles. The van der Waals surface area contributed by atoms with Crippen molar-refractivity contribution in [1.29, 1.82) is 0 Å². The lowest BCUT2D eigenvalue weighted by Crippen LogP contribution is -2.41. The third-order valence-electron chi connectivity index (χ3n) is 4.35. The quantitative estimate of drug-likeness (QED) is 0.391. The Morgan fingerprint density at radius 3 is 2.52 bits per heavy atom. The van der Waals surface area contributed by atoms with Gasteiger partial charge >= 0.3 is 5.91 Å². The third kappa shape index (κ3) is 4.02. The second-order valence-electron chi connectivity index (χ2n) is 6.29. The first-order valence-corrected chi connectivity index (χ1v) is 9.88. The molecule has 0 radical (unpaired) electrons. The predicted molar refractivity (Wildman–Crippen MR) is 110 cm³/mol. The first-order chi connectivity index (χ1) is 14.1. The molecule has 2 aromatic heterocycles. The lowest BCUT2D eigenvalue weighted by Gasteiger charge is -2.07. The van der Waals surface area contributed by atoms with Crippen molar-refractivity contribution < 1.29 is 14.0 Å². The zero-order valence-corrected chi connectivity index (χ0v) is 16.4. The number of amides is 2. The van der Waals surface area contributed by atoms with E-state index in [2.05, 4.69) is 15.8 Å². The second-order valence-corrected chi connectivity index (χ2v) is 7.23. The Morgan fingerprint density at radius 1 is 1.03 bits per heavy atom. The van der Waals surface area contributed by atoms with Crippen LogP contribution in [0.3, 0.4) is 0 Å². The molecule has 0 spiro atoms. The summed E-state index contributed by atoms with van der Waals surface area (Å²) >= 11 is 1.50. The maximum atomic E-state index is 12.7. The topological polar surface area (TPSA) is 89.2 Å². The molecule has 0 saturated carbocycles. The second kappa shape index (κ2) is 8.24. The number of imidazole rings is 1. The largest absolute Gasteiger partial charge is 0.451 e. The Bertz CT molecular complexity index is 1170. The summed E-state index contributed by atoms with van der Waals surface area (Å²) in [6, 6.07) is 16.1. The number of hydrazine groups is 1. The predicted octanol–water partition coefficient (Wildman–Crippen LogP) is 3.53. The van der Waals surface area contributed by atoms with E-state index in [-0.39, 0.29) is 5.76 Å². The fraction of sp³-hybridized carbons (Fsp3) is 0.0952. The average molecular weight is 406 g/mol. The van der Waals surface area contributed by atoms with Gasteiger partial charge in [-0.25, -0.2) is 4.98 Å². The number of carbonyl (C=O) groups excluding carboxylic acids is 2.